The van der Waals surface area contributed by atoms with E-state index in [-0.39, 0.29) is 11.8 Å². The molecule has 1 heterocycles. The number of rotatable bonds is 0. The van der Waals surface area contributed by atoms with Crippen LogP contribution in [0.4, 0.5) is 0 Å². The number of fused-ring (bicyclic) bond motifs is 1. The molecule has 0 bridgehead atoms. The maximum atomic E-state index is 11.8. The van der Waals surface area contributed by atoms with Crippen LogP contribution in [0.1, 0.15) is 36.2 Å². The van der Waals surface area contributed by atoms with Gasteiger partial charge < -0.3 is 0 Å². The number of hydrogen-bond acceptors (Lipinski definition) is 2. The van der Waals surface area contributed by atoms with Crippen LogP contribution >= 0.6 is 0 Å². The van der Waals surface area contributed by atoms with Crippen molar-refractivity contribution in [3.8, 4) is 0 Å². The molecule has 0 N–H and O–H groups in total. The number of imide groups is 1. The van der Waals surface area contributed by atoms with Crippen LogP contribution in [0.3, 0.4) is 0 Å². The van der Waals surface area contributed by atoms with Crippen LogP contribution in [0.15, 0.2) is 24.3 Å². The van der Waals surface area contributed by atoms with E-state index in [0.29, 0.717) is 18.4 Å². The van der Waals surface area contributed by atoms with Crippen LogP contribution in [0.2, 0.25) is 0 Å². The third kappa shape index (κ3) is 2.30. The summed E-state index contributed by atoms with van der Waals surface area (Å²) < 4.78 is 0. The molecule has 1 aromatic rings. The lowest BCUT2D eigenvalue weighted by Gasteiger charge is -2.11. The monoisotopic (exact) mass is 219 g/mol. The first-order chi connectivity index (χ1) is 7.70. The number of carbonyl (C=O) groups is 2. The average Bonchev–Trinajstić information content (AvgIpc) is 2.46. The minimum Gasteiger partial charge on any atom is -0.282 e. The van der Waals surface area contributed by atoms with Gasteiger partial charge in [-0.25, -0.2) is 0 Å². The van der Waals surface area contributed by atoms with Crippen molar-refractivity contribution in [3.63, 3.8) is 0 Å². The Labute approximate surface area is 96.1 Å². The van der Waals surface area contributed by atoms with Crippen molar-refractivity contribution in [2.45, 2.75) is 26.7 Å². The second kappa shape index (κ2) is 5.45. The van der Waals surface area contributed by atoms with Crippen molar-refractivity contribution in [2.75, 3.05) is 7.05 Å². The van der Waals surface area contributed by atoms with Crippen molar-refractivity contribution in [3.05, 3.63) is 35.4 Å². The fourth-order valence-electron chi connectivity index (χ4n) is 1.65. The van der Waals surface area contributed by atoms with E-state index < -0.39 is 0 Å². The first kappa shape index (κ1) is 12.4. The molecule has 1 aromatic carbocycles. The molecule has 1 aliphatic heterocycles. The van der Waals surface area contributed by atoms with E-state index in [4.69, 9.17) is 0 Å². The van der Waals surface area contributed by atoms with Crippen LogP contribution in [0, 0.1) is 0 Å². The Morgan fingerprint density at radius 3 is 2.38 bits per heavy atom. The zero-order valence-corrected chi connectivity index (χ0v) is 9.99. The van der Waals surface area contributed by atoms with E-state index in [2.05, 4.69) is 0 Å². The Hall–Kier alpha value is -1.64. The highest BCUT2D eigenvalue weighted by molar-refractivity contribution is 6.06. The smallest absolute Gasteiger partial charge is 0.260 e. The molecule has 0 radical (unpaired) electrons. The van der Waals surface area contributed by atoms with Gasteiger partial charge in [-0.1, -0.05) is 32.0 Å². The molecule has 0 aliphatic carbocycles. The van der Waals surface area contributed by atoms with E-state index in [1.54, 1.807) is 6.07 Å². The fraction of sp³-hybridized carbons (Fsp3) is 0.385. The predicted molar refractivity (Wildman–Crippen MR) is 63.2 cm³/mol. The number of nitrogens with zero attached hydrogens (tertiary/aromatic N) is 1. The molecule has 1 aliphatic rings. The fourth-order valence-corrected chi connectivity index (χ4v) is 1.65. The minimum absolute atomic E-state index is 0.105. The van der Waals surface area contributed by atoms with Gasteiger partial charge >= 0.3 is 0 Å². The number of amides is 2. The molecule has 3 heteroatoms. The molecule has 0 atom stereocenters. The summed E-state index contributed by atoms with van der Waals surface area (Å²) in [7, 11) is 1.53. The second-order valence-corrected chi connectivity index (χ2v) is 3.42. The predicted octanol–water partition coefficient (Wildman–Crippen LogP) is 2.26. The lowest BCUT2D eigenvalue weighted by atomic mass is 10.0. The van der Waals surface area contributed by atoms with Gasteiger partial charge in [0, 0.05) is 19.0 Å². The zero-order valence-electron chi connectivity index (χ0n) is 9.99. The van der Waals surface area contributed by atoms with Crippen LogP contribution in [-0.4, -0.2) is 23.8 Å². The van der Waals surface area contributed by atoms with Gasteiger partial charge in [0.15, 0.2) is 0 Å². The van der Waals surface area contributed by atoms with Gasteiger partial charge in [0.2, 0.25) is 5.91 Å². The van der Waals surface area contributed by atoms with Gasteiger partial charge in [-0.3, -0.25) is 14.5 Å². The standard InChI is InChI=1S/C11H11NO2.C2H6/c1-12-10(13)7-6-8-4-2-3-5-9(8)11(12)14;1-2/h2-5H,6-7H2,1H3;1-2H3. The van der Waals surface area contributed by atoms with E-state index in [9.17, 15) is 9.59 Å². The highest BCUT2D eigenvalue weighted by Gasteiger charge is 2.24. The summed E-state index contributed by atoms with van der Waals surface area (Å²) in [6.45, 7) is 4.00. The Balaban J connectivity index is 0.000000606. The lowest BCUT2D eigenvalue weighted by Crippen LogP contribution is -2.31. The highest BCUT2D eigenvalue weighted by atomic mass is 16.2. The van der Waals surface area contributed by atoms with Crippen molar-refractivity contribution in [1.29, 1.82) is 0 Å². The highest BCUT2D eigenvalue weighted by Crippen LogP contribution is 2.17. The molecule has 0 fully saturated rings. The van der Waals surface area contributed by atoms with Gasteiger partial charge in [-0.2, -0.15) is 0 Å². The summed E-state index contributed by atoms with van der Waals surface area (Å²) in [5.74, 6) is -0.297. The van der Waals surface area contributed by atoms with E-state index in [1.165, 1.54) is 11.9 Å². The summed E-state index contributed by atoms with van der Waals surface area (Å²) in [6, 6.07) is 7.38. The minimum atomic E-state index is -0.192. The van der Waals surface area contributed by atoms with Gasteiger partial charge in [0.1, 0.15) is 0 Å². The quantitative estimate of drug-likeness (QED) is 0.628. The summed E-state index contributed by atoms with van der Waals surface area (Å²) in [4.78, 5) is 24.4. The number of benzene rings is 1. The summed E-state index contributed by atoms with van der Waals surface area (Å²) in [5, 5.41) is 0. The Kier molecular flexibility index (Phi) is 4.23. The molecule has 0 aromatic heterocycles. The number of aryl methyl sites for hydroxylation is 1. The summed E-state index contributed by atoms with van der Waals surface area (Å²) in [6.07, 6.45) is 1.07. The third-order valence-electron chi connectivity index (χ3n) is 2.53. The molecule has 2 rings (SSSR count). The molecule has 3 nitrogen and oxygen atoms in total. The SMILES string of the molecule is CC.CN1C(=O)CCc2ccccc2C1=O. The molecule has 0 saturated heterocycles. The molecular formula is C13H17NO2. The van der Waals surface area contributed by atoms with Gasteiger partial charge in [-0.05, 0) is 18.1 Å². The average molecular weight is 219 g/mol. The maximum Gasteiger partial charge on any atom is 0.260 e. The zero-order chi connectivity index (χ0) is 12.1. The Morgan fingerprint density at radius 1 is 1.06 bits per heavy atom. The van der Waals surface area contributed by atoms with Crippen molar-refractivity contribution in [1.82, 2.24) is 4.90 Å². The first-order valence-corrected chi connectivity index (χ1v) is 5.59. The van der Waals surface area contributed by atoms with E-state index in [0.717, 1.165) is 5.56 Å². The van der Waals surface area contributed by atoms with Gasteiger partial charge in [0.05, 0.1) is 0 Å². The topological polar surface area (TPSA) is 37.4 Å². The van der Waals surface area contributed by atoms with Crippen molar-refractivity contribution >= 4 is 11.8 Å². The normalized spacial score (nSPS) is 14.8. The van der Waals surface area contributed by atoms with Crippen molar-refractivity contribution in [2.24, 2.45) is 0 Å². The Bertz CT molecular complexity index is 399. The second-order valence-electron chi connectivity index (χ2n) is 3.42. The van der Waals surface area contributed by atoms with Crippen LogP contribution < -0.4 is 0 Å². The molecule has 0 saturated carbocycles. The van der Waals surface area contributed by atoms with Crippen LogP contribution in [0.25, 0.3) is 0 Å². The van der Waals surface area contributed by atoms with Gasteiger partial charge in [0.25, 0.3) is 5.91 Å². The molecular weight excluding hydrogens is 202 g/mol. The molecule has 2 amide bonds. The van der Waals surface area contributed by atoms with E-state index in [1.807, 2.05) is 32.0 Å². The largest absolute Gasteiger partial charge is 0.282 e. The van der Waals surface area contributed by atoms with Crippen LogP contribution in [-0.2, 0) is 11.2 Å². The van der Waals surface area contributed by atoms with E-state index >= 15 is 0 Å². The summed E-state index contributed by atoms with van der Waals surface area (Å²) >= 11 is 0. The summed E-state index contributed by atoms with van der Waals surface area (Å²) in [5.41, 5.74) is 1.62. The Morgan fingerprint density at radius 2 is 1.69 bits per heavy atom. The lowest BCUT2D eigenvalue weighted by molar-refractivity contribution is -0.127. The molecule has 16 heavy (non-hydrogen) atoms. The first-order valence-electron chi connectivity index (χ1n) is 5.59. The number of hydrogen-bond donors (Lipinski definition) is 0. The molecule has 0 unspecified atom stereocenters. The maximum absolute atomic E-state index is 11.8. The number of carbonyl (C=O) groups excluding carboxylic acids is 2. The van der Waals surface area contributed by atoms with Crippen LogP contribution in [0.5, 0.6) is 0 Å². The van der Waals surface area contributed by atoms with Gasteiger partial charge in [-0.15, -0.1) is 0 Å². The van der Waals surface area contributed by atoms with Crippen molar-refractivity contribution < 1.29 is 9.59 Å². The molecule has 86 valence electrons. The molecule has 0 spiro atoms. The third-order valence-corrected chi connectivity index (χ3v) is 2.53.